The van der Waals surface area contributed by atoms with Gasteiger partial charge in [0.05, 0.1) is 6.04 Å². The summed E-state index contributed by atoms with van der Waals surface area (Å²) < 4.78 is 53.9. The lowest BCUT2D eigenvalue weighted by atomic mass is 10.0. The van der Waals surface area contributed by atoms with Gasteiger partial charge >= 0.3 is 0 Å². The molecule has 0 spiro atoms. The van der Waals surface area contributed by atoms with Gasteiger partial charge in [-0.3, -0.25) is 0 Å². The van der Waals surface area contributed by atoms with Crippen molar-refractivity contribution < 1.29 is 17.6 Å². The monoisotopic (exact) mass is 295 g/mol. The Morgan fingerprint density at radius 1 is 1.00 bits per heavy atom. The fraction of sp³-hybridized carbons (Fsp3) is 0.250. The number of hydrogen-bond acceptors (Lipinski definition) is 1. The summed E-state index contributed by atoms with van der Waals surface area (Å²) in [6.07, 6.45) is 1.38. The molecule has 0 saturated carbocycles. The third-order valence-electron chi connectivity index (χ3n) is 3.81. The molecule has 0 fully saturated rings. The highest BCUT2D eigenvalue weighted by Crippen LogP contribution is 2.36. The molecule has 0 aliphatic heterocycles. The van der Waals surface area contributed by atoms with Crippen molar-refractivity contribution in [2.75, 3.05) is 5.32 Å². The first-order valence-corrected chi connectivity index (χ1v) is 6.66. The molecule has 0 radical (unpaired) electrons. The SMILES string of the molecule is Cc1ccc2c(c1)C(Nc1c(F)c(F)cc(F)c1F)CC2. The molecule has 1 aliphatic carbocycles. The Kier molecular flexibility index (Phi) is 3.35. The van der Waals surface area contributed by atoms with Crippen molar-refractivity contribution in [2.45, 2.75) is 25.8 Å². The first-order valence-electron chi connectivity index (χ1n) is 6.66. The van der Waals surface area contributed by atoms with Crippen molar-refractivity contribution in [1.29, 1.82) is 0 Å². The average Bonchev–Trinajstić information content (AvgIpc) is 2.84. The normalized spacial score (nSPS) is 16.9. The number of hydrogen-bond donors (Lipinski definition) is 1. The van der Waals surface area contributed by atoms with E-state index in [1.165, 1.54) is 0 Å². The lowest BCUT2D eigenvalue weighted by molar-refractivity contribution is 0.456. The summed E-state index contributed by atoms with van der Waals surface area (Å²) in [5, 5.41) is 2.61. The molecule has 1 N–H and O–H groups in total. The second-order valence-electron chi connectivity index (χ2n) is 5.28. The van der Waals surface area contributed by atoms with Crippen LogP contribution in [0.15, 0.2) is 24.3 Å². The molecule has 1 unspecified atom stereocenters. The van der Waals surface area contributed by atoms with Crippen molar-refractivity contribution in [3.8, 4) is 0 Å². The molecular weight excluding hydrogens is 282 g/mol. The summed E-state index contributed by atoms with van der Waals surface area (Å²) in [5.41, 5.74) is 2.27. The molecule has 2 aromatic rings. The quantitative estimate of drug-likeness (QED) is 0.628. The average molecular weight is 295 g/mol. The lowest BCUT2D eigenvalue weighted by Gasteiger charge is -2.17. The minimum Gasteiger partial charge on any atom is -0.373 e. The molecule has 3 rings (SSSR count). The maximum atomic E-state index is 13.7. The van der Waals surface area contributed by atoms with Gasteiger partial charge in [0, 0.05) is 6.07 Å². The summed E-state index contributed by atoms with van der Waals surface area (Å²) in [7, 11) is 0. The Labute approximate surface area is 119 Å². The fourth-order valence-corrected chi connectivity index (χ4v) is 2.75. The minimum absolute atomic E-state index is 0.211. The van der Waals surface area contributed by atoms with Crippen molar-refractivity contribution >= 4 is 5.69 Å². The summed E-state index contributed by atoms with van der Waals surface area (Å²) in [4.78, 5) is 0. The first-order chi connectivity index (χ1) is 9.97. The number of rotatable bonds is 2. The van der Waals surface area contributed by atoms with E-state index in [9.17, 15) is 17.6 Å². The lowest BCUT2D eigenvalue weighted by Crippen LogP contribution is -2.12. The maximum Gasteiger partial charge on any atom is 0.185 e. The van der Waals surface area contributed by atoms with Crippen molar-refractivity contribution in [1.82, 2.24) is 0 Å². The standard InChI is InChI=1S/C16H13F4N/c1-8-2-3-9-4-5-13(10(9)6-8)21-16-14(19)11(17)7-12(18)15(16)20/h2-3,6-7,13,21H,4-5H2,1H3. The fourth-order valence-electron chi connectivity index (χ4n) is 2.75. The van der Waals surface area contributed by atoms with Crippen LogP contribution in [0.2, 0.25) is 0 Å². The van der Waals surface area contributed by atoms with Crippen LogP contribution in [0.4, 0.5) is 23.2 Å². The van der Waals surface area contributed by atoms with Gasteiger partial charge in [-0.25, -0.2) is 17.6 Å². The summed E-state index contributed by atoms with van der Waals surface area (Å²) in [6.45, 7) is 1.92. The molecule has 0 bridgehead atoms. The van der Waals surface area contributed by atoms with Gasteiger partial charge in [-0.1, -0.05) is 23.8 Å². The van der Waals surface area contributed by atoms with E-state index in [-0.39, 0.29) is 12.1 Å². The zero-order valence-corrected chi connectivity index (χ0v) is 11.3. The highest BCUT2D eigenvalue weighted by molar-refractivity contribution is 5.51. The molecule has 21 heavy (non-hydrogen) atoms. The predicted octanol–water partition coefficient (Wildman–Crippen LogP) is 4.65. The third-order valence-corrected chi connectivity index (χ3v) is 3.81. The van der Waals surface area contributed by atoms with Crippen LogP contribution in [-0.2, 0) is 6.42 Å². The molecule has 5 heteroatoms. The summed E-state index contributed by atoms with van der Waals surface area (Å²) in [5.74, 6) is -5.59. The van der Waals surface area contributed by atoms with Gasteiger partial charge in [0.2, 0.25) is 0 Å². The third kappa shape index (κ3) is 2.37. The van der Waals surface area contributed by atoms with Gasteiger partial charge in [-0.2, -0.15) is 0 Å². The molecular formula is C16H13F4N. The molecule has 0 aromatic heterocycles. The topological polar surface area (TPSA) is 12.0 Å². The van der Waals surface area contributed by atoms with Gasteiger partial charge in [0.15, 0.2) is 23.3 Å². The largest absolute Gasteiger partial charge is 0.373 e. The second-order valence-corrected chi connectivity index (χ2v) is 5.28. The highest BCUT2D eigenvalue weighted by Gasteiger charge is 2.26. The van der Waals surface area contributed by atoms with Crippen LogP contribution in [0, 0.1) is 30.2 Å². The molecule has 0 heterocycles. The van der Waals surface area contributed by atoms with Crippen LogP contribution in [0.1, 0.15) is 29.2 Å². The number of anilines is 1. The van der Waals surface area contributed by atoms with Crippen molar-refractivity contribution in [2.24, 2.45) is 0 Å². The minimum atomic E-state index is -1.40. The van der Waals surface area contributed by atoms with E-state index in [1.807, 2.05) is 25.1 Å². The van der Waals surface area contributed by atoms with E-state index in [0.717, 1.165) is 23.1 Å². The van der Waals surface area contributed by atoms with Gasteiger partial charge in [-0.15, -0.1) is 0 Å². The maximum absolute atomic E-state index is 13.7. The van der Waals surface area contributed by atoms with Crippen LogP contribution in [0.5, 0.6) is 0 Å². The summed E-state index contributed by atoms with van der Waals surface area (Å²) >= 11 is 0. The van der Waals surface area contributed by atoms with E-state index in [1.54, 1.807) is 0 Å². The Balaban J connectivity index is 1.99. The van der Waals surface area contributed by atoms with Crippen molar-refractivity contribution in [3.63, 3.8) is 0 Å². The van der Waals surface area contributed by atoms with Gasteiger partial charge in [-0.05, 0) is 30.9 Å². The van der Waals surface area contributed by atoms with Crippen LogP contribution < -0.4 is 5.32 Å². The number of halogens is 4. The Bertz CT molecular complexity index is 686. The molecule has 1 atom stereocenters. The van der Waals surface area contributed by atoms with Gasteiger partial charge in [0.25, 0.3) is 0 Å². The molecule has 110 valence electrons. The number of aryl methyl sites for hydroxylation is 2. The molecule has 2 aromatic carbocycles. The Hall–Kier alpha value is -2.04. The molecule has 1 nitrogen and oxygen atoms in total. The van der Waals surface area contributed by atoms with E-state index in [4.69, 9.17) is 0 Å². The van der Waals surface area contributed by atoms with Gasteiger partial charge in [0.1, 0.15) is 5.69 Å². The van der Waals surface area contributed by atoms with Gasteiger partial charge < -0.3 is 5.32 Å². The zero-order chi connectivity index (χ0) is 15.1. The molecule has 0 saturated heterocycles. The number of fused-ring (bicyclic) bond motifs is 1. The predicted molar refractivity (Wildman–Crippen MR) is 72.1 cm³/mol. The Morgan fingerprint density at radius 2 is 1.67 bits per heavy atom. The first kappa shape index (κ1) is 13.9. The second kappa shape index (κ2) is 5.06. The number of benzene rings is 2. The van der Waals surface area contributed by atoms with Crippen molar-refractivity contribution in [3.05, 3.63) is 64.2 Å². The zero-order valence-electron chi connectivity index (χ0n) is 11.3. The van der Waals surface area contributed by atoms with Crippen LogP contribution in [-0.4, -0.2) is 0 Å². The highest BCUT2D eigenvalue weighted by atomic mass is 19.2. The van der Waals surface area contributed by atoms with Crippen LogP contribution in [0.25, 0.3) is 0 Å². The van der Waals surface area contributed by atoms with E-state index in [2.05, 4.69) is 5.32 Å². The number of nitrogens with one attached hydrogen (secondary N) is 1. The smallest absolute Gasteiger partial charge is 0.185 e. The van der Waals surface area contributed by atoms with Crippen LogP contribution >= 0.6 is 0 Å². The molecule has 0 amide bonds. The molecule has 1 aliphatic rings. The van der Waals surface area contributed by atoms with E-state index < -0.39 is 29.0 Å². The Morgan fingerprint density at radius 3 is 2.33 bits per heavy atom. The van der Waals surface area contributed by atoms with Crippen LogP contribution in [0.3, 0.4) is 0 Å². The van der Waals surface area contributed by atoms with E-state index >= 15 is 0 Å². The summed E-state index contributed by atoms with van der Waals surface area (Å²) in [6, 6.07) is 5.70. The van der Waals surface area contributed by atoms with E-state index in [0.29, 0.717) is 6.42 Å².